The number of benzene rings is 2. The molecule has 0 amide bonds. The first kappa shape index (κ1) is 22.0. The smallest absolute Gasteiger partial charge is 0.166 e. The van der Waals surface area contributed by atoms with Crippen LogP contribution in [0.15, 0.2) is 48.7 Å². The van der Waals surface area contributed by atoms with Crippen LogP contribution in [0.5, 0.6) is 11.5 Å². The number of carbonyl (C=O) groups excluding carboxylic acids is 1. The highest BCUT2D eigenvalue weighted by atomic mass is 32.2. The second kappa shape index (κ2) is 10.9. The molecule has 0 radical (unpaired) electrons. The number of ether oxygens (including phenoxy) is 2. The fourth-order valence-electron chi connectivity index (χ4n) is 3.29. The number of anilines is 2. The van der Waals surface area contributed by atoms with Crippen LogP contribution in [0.1, 0.15) is 36.5 Å². The van der Waals surface area contributed by atoms with Crippen LogP contribution in [0.4, 0.5) is 11.4 Å². The predicted molar refractivity (Wildman–Crippen MR) is 126 cm³/mol. The van der Waals surface area contributed by atoms with Gasteiger partial charge in [-0.25, -0.2) is 0 Å². The summed E-state index contributed by atoms with van der Waals surface area (Å²) >= 11 is 1.80. The molecule has 6 heteroatoms. The van der Waals surface area contributed by atoms with E-state index < -0.39 is 0 Å². The molecule has 5 nitrogen and oxygen atoms in total. The highest BCUT2D eigenvalue weighted by Gasteiger charge is 2.18. The number of thioether (sulfide) groups is 1. The topological polar surface area (TPSA) is 60.5 Å². The molecule has 0 atom stereocenters. The normalized spacial score (nSPS) is 10.8. The van der Waals surface area contributed by atoms with Crippen LogP contribution in [0, 0.1) is 0 Å². The molecule has 0 saturated heterocycles. The molecule has 158 valence electrons. The quantitative estimate of drug-likeness (QED) is 0.296. The summed E-state index contributed by atoms with van der Waals surface area (Å²) < 4.78 is 11.5. The van der Waals surface area contributed by atoms with Gasteiger partial charge in [0.1, 0.15) is 17.0 Å². The zero-order valence-electron chi connectivity index (χ0n) is 17.7. The first-order valence-corrected chi connectivity index (χ1v) is 11.6. The van der Waals surface area contributed by atoms with Gasteiger partial charge in [-0.3, -0.25) is 9.78 Å². The maximum Gasteiger partial charge on any atom is 0.166 e. The average Bonchev–Trinajstić information content (AvgIpc) is 2.77. The Labute approximate surface area is 182 Å². The minimum atomic E-state index is 0.0654. The van der Waals surface area contributed by atoms with E-state index in [1.54, 1.807) is 25.1 Å². The number of carbonyl (C=O) groups is 1. The number of ketones is 1. The van der Waals surface area contributed by atoms with Gasteiger partial charge >= 0.3 is 0 Å². The van der Waals surface area contributed by atoms with Gasteiger partial charge in [0.15, 0.2) is 5.78 Å². The lowest BCUT2D eigenvalue weighted by Gasteiger charge is -2.17. The molecule has 2 aromatic carbocycles. The number of para-hydroxylation sites is 3. The number of methoxy groups -OCH3 is 1. The van der Waals surface area contributed by atoms with E-state index in [-0.39, 0.29) is 5.78 Å². The summed E-state index contributed by atoms with van der Waals surface area (Å²) in [5, 5.41) is 4.29. The number of nitrogens with zero attached hydrogens (tertiary/aromatic N) is 1. The molecule has 0 spiro atoms. The molecule has 1 heterocycles. The number of rotatable bonds is 11. The number of hydrogen-bond acceptors (Lipinski definition) is 6. The first-order valence-electron chi connectivity index (χ1n) is 10.2. The molecule has 0 aliphatic rings. The minimum absolute atomic E-state index is 0.0654. The van der Waals surface area contributed by atoms with Gasteiger partial charge in [0.2, 0.25) is 0 Å². The maximum atomic E-state index is 12.8. The minimum Gasteiger partial charge on any atom is -0.495 e. The molecule has 0 bridgehead atoms. The number of pyridine rings is 1. The van der Waals surface area contributed by atoms with Crippen molar-refractivity contribution in [2.24, 2.45) is 0 Å². The van der Waals surface area contributed by atoms with Crippen LogP contribution in [-0.2, 0) is 0 Å². The number of aromatic nitrogens is 1. The molecule has 3 aromatic rings. The summed E-state index contributed by atoms with van der Waals surface area (Å²) in [6, 6.07) is 13.5. The van der Waals surface area contributed by atoms with Gasteiger partial charge in [-0.1, -0.05) is 31.2 Å². The Balaban J connectivity index is 2.07. The molecule has 0 aliphatic carbocycles. The Kier molecular flexibility index (Phi) is 7.97. The van der Waals surface area contributed by atoms with Gasteiger partial charge < -0.3 is 14.8 Å². The van der Waals surface area contributed by atoms with E-state index in [1.807, 2.05) is 49.4 Å². The number of Topliss-reactive ketones (excluding diaryl/α,β-unsaturated/α-hetero) is 1. The fraction of sp³-hybridized carbons (Fsp3) is 0.333. The van der Waals surface area contributed by atoms with Crippen LogP contribution in [-0.4, -0.2) is 36.5 Å². The van der Waals surface area contributed by atoms with E-state index in [9.17, 15) is 4.79 Å². The Morgan fingerprint density at radius 1 is 1.13 bits per heavy atom. The van der Waals surface area contributed by atoms with E-state index in [2.05, 4.69) is 16.6 Å². The SMILES string of the molecule is CCCC(=O)c1cnc2c(OCCCSC)cccc2c1Nc1ccccc1OC. The average molecular weight is 425 g/mol. The lowest BCUT2D eigenvalue weighted by atomic mass is 10.0. The molecule has 0 fully saturated rings. The summed E-state index contributed by atoms with van der Waals surface area (Å²) in [4.78, 5) is 17.4. The van der Waals surface area contributed by atoms with Crippen LogP contribution in [0.25, 0.3) is 10.9 Å². The monoisotopic (exact) mass is 424 g/mol. The van der Waals surface area contributed by atoms with Gasteiger partial charge in [0.25, 0.3) is 0 Å². The Bertz CT molecular complexity index is 1010. The lowest BCUT2D eigenvalue weighted by Crippen LogP contribution is -2.07. The molecule has 0 aliphatic heterocycles. The molecular formula is C24H28N2O3S. The maximum absolute atomic E-state index is 12.8. The summed E-state index contributed by atoms with van der Waals surface area (Å²) in [6.45, 7) is 2.63. The number of nitrogens with one attached hydrogen (secondary N) is 1. The van der Waals surface area contributed by atoms with Gasteiger partial charge in [0, 0.05) is 18.0 Å². The van der Waals surface area contributed by atoms with E-state index in [0.717, 1.165) is 46.6 Å². The lowest BCUT2D eigenvalue weighted by molar-refractivity contribution is 0.0982. The van der Waals surface area contributed by atoms with Crippen LogP contribution >= 0.6 is 11.8 Å². The molecule has 30 heavy (non-hydrogen) atoms. The highest BCUT2D eigenvalue weighted by molar-refractivity contribution is 7.98. The first-order chi connectivity index (χ1) is 14.7. The van der Waals surface area contributed by atoms with Crippen molar-refractivity contribution in [1.82, 2.24) is 4.98 Å². The molecule has 1 aromatic heterocycles. The fourth-order valence-corrected chi connectivity index (χ4v) is 3.69. The molecule has 0 saturated carbocycles. The summed E-state index contributed by atoms with van der Waals surface area (Å²) in [7, 11) is 1.63. The summed E-state index contributed by atoms with van der Waals surface area (Å²) in [5.74, 6) is 2.55. The highest BCUT2D eigenvalue weighted by Crippen LogP contribution is 2.36. The van der Waals surface area contributed by atoms with Crippen molar-refractivity contribution >= 4 is 39.8 Å². The summed E-state index contributed by atoms with van der Waals surface area (Å²) in [5.41, 5.74) is 2.85. The molecule has 1 N–H and O–H groups in total. The largest absolute Gasteiger partial charge is 0.495 e. The van der Waals surface area contributed by atoms with Crippen molar-refractivity contribution in [3.8, 4) is 11.5 Å². The van der Waals surface area contributed by atoms with Crippen molar-refractivity contribution in [2.45, 2.75) is 26.2 Å². The molecule has 3 rings (SSSR count). The standard InChI is InChI=1S/C24H28N2O3S/c1-4-9-20(27)18-16-25-24-17(10-7-13-22(24)29-14-8-15-30-3)23(18)26-19-11-5-6-12-21(19)28-2/h5-7,10-13,16H,4,8-9,14-15H2,1-3H3,(H,25,26). The van der Waals surface area contributed by atoms with Crippen LogP contribution < -0.4 is 14.8 Å². The van der Waals surface area contributed by atoms with Crippen molar-refractivity contribution < 1.29 is 14.3 Å². The third-order valence-electron chi connectivity index (χ3n) is 4.75. The van der Waals surface area contributed by atoms with Crippen molar-refractivity contribution in [1.29, 1.82) is 0 Å². The predicted octanol–water partition coefficient (Wildman–Crippen LogP) is 6.10. The van der Waals surface area contributed by atoms with Crippen molar-refractivity contribution in [2.75, 3.05) is 31.0 Å². The summed E-state index contributed by atoms with van der Waals surface area (Å²) in [6.07, 6.45) is 5.97. The van der Waals surface area contributed by atoms with E-state index in [0.29, 0.717) is 24.3 Å². The second-order valence-corrected chi connectivity index (χ2v) is 7.88. The van der Waals surface area contributed by atoms with E-state index in [1.165, 1.54) is 0 Å². The Hall–Kier alpha value is -2.73. The second-order valence-electron chi connectivity index (χ2n) is 6.89. The Morgan fingerprint density at radius 2 is 1.93 bits per heavy atom. The zero-order chi connectivity index (χ0) is 21.3. The molecule has 0 unspecified atom stereocenters. The van der Waals surface area contributed by atoms with Crippen LogP contribution in [0.3, 0.4) is 0 Å². The van der Waals surface area contributed by atoms with Gasteiger partial charge in [-0.05, 0) is 43.0 Å². The van der Waals surface area contributed by atoms with Crippen LogP contribution in [0.2, 0.25) is 0 Å². The van der Waals surface area contributed by atoms with Gasteiger partial charge in [-0.2, -0.15) is 11.8 Å². The van der Waals surface area contributed by atoms with Gasteiger partial charge in [-0.15, -0.1) is 0 Å². The number of fused-ring (bicyclic) bond motifs is 1. The number of hydrogen-bond donors (Lipinski definition) is 1. The van der Waals surface area contributed by atoms with Crippen molar-refractivity contribution in [3.05, 3.63) is 54.2 Å². The molecular weight excluding hydrogens is 396 g/mol. The Morgan fingerprint density at radius 3 is 2.70 bits per heavy atom. The van der Waals surface area contributed by atoms with E-state index in [4.69, 9.17) is 9.47 Å². The third kappa shape index (κ3) is 5.05. The van der Waals surface area contributed by atoms with Gasteiger partial charge in [0.05, 0.1) is 30.7 Å². The van der Waals surface area contributed by atoms with E-state index >= 15 is 0 Å². The zero-order valence-corrected chi connectivity index (χ0v) is 18.6. The van der Waals surface area contributed by atoms with Crippen molar-refractivity contribution in [3.63, 3.8) is 0 Å². The third-order valence-corrected chi connectivity index (χ3v) is 5.45.